The Hall–Kier alpha value is -3.64. The number of oxazole rings is 1. The molecule has 156 valence electrons. The number of amides is 1. The summed E-state index contributed by atoms with van der Waals surface area (Å²) < 4.78 is 24.8. The van der Waals surface area contributed by atoms with E-state index in [1.165, 1.54) is 18.2 Å². The number of nitrogens with zero attached hydrogens (tertiary/aromatic N) is 1. The number of carbonyl (C=O) groups is 1. The molecule has 0 radical (unpaired) electrons. The summed E-state index contributed by atoms with van der Waals surface area (Å²) in [7, 11) is 0. The van der Waals surface area contributed by atoms with Gasteiger partial charge in [-0.1, -0.05) is 23.7 Å². The Labute approximate surface area is 183 Å². The van der Waals surface area contributed by atoms with Crippen molar-refractivity contribution in [2.24, 2.45) is 0 Å². The van der Waals surface area contributed by atoms with Crippen LogP contribution in [0.3, 0.4) is 0 Å². The number of rotatable bonds is 6. The molecule has 0 fully saturated rings. The van der Waals surface area contributed by atoms with Gasteiger partial charge in [-0.25, -0.2) is 9.37 Å². The second-order valence-corrected chi connectivity index (χ2v) is 7.02. The summed E-state index contributed by atoms with van der Waals surface area (Å²) in [5, 5.41) is 2.65. The van der Waals surface area contributed by atoms with Crippen molar-refractivity contribution in [3.8, 4) is 28.5 Å². The van der Waals surface area contributed by atoms with Crippen LogP contribution in [0.4, 0.5) is 10.1 Å². The number of ether oxygens (including phenoxy) is 1. The monoisotopic (exact) mass is 436 g/mol. The lowest BCUT2D eigenvalue weighted by Crippen LogP contribution is -2.13. The Morgan fingerprint density at radius 2 is 1.90 bits per heavy atom. The molecule has 0 aliphatic heterocycles. The molecular weight excluding hydrogens is 419 g/mol. The summed E-state index contributed by atoms with van der Waals surface area (Å²) in [5.41, 5.74) is 2.12. The zero-order chi connectivity index (χ0) is 21.8. The van der Waals surface area contributed by atoms with E-state index in [1.54, 1.807) is 30.5 Å². The van der Waals surface area contributed by atoms with Crippen molar-refractivity contribution >= 4 is 23.2 Å². The van der Waals surface area contributed by atoms with E-state index in [1.807, 2.05) is 31.2 Å². The van der Waals surface area contributed by atoms with Crippen LogP contribution in [0.25, 0.3) is 22.8 Å². The Morgan fingerprint density at radius 3 is 2.65 bits per heavy atom. The van der Waals surface area contributed by atoms with Gasteiger partial charge in [0.05, 0.1) is 23.4 Å². The van der Waals surface area contributed by atoms with E-state index in [2.05, 4.69) is 10.3 Å². The maximum Gasteiger partial charge on any atom is 0.256 e. The molecule has 0 unspecified atom stereocenters. The third-order valence-electron chi connectivity index (χ3n) is 4.54. The van der Waals surface area contributed by atoms with Crippen molar-refractivity contribution in [2.45, 2.75) is 6.92 Å². The summed E-state index contributed by atoms with van der Waals surface area (Å²) in [6, 6.07) is 18.4. The van der Waals surface area contributed by atoms with Crippen LogP contribution in [0.5, 0.6) is 5.75 Å². The Bertz CT molecular complexity index is 1220. The van der Waals surface area contributed by atoms with Crippen LogP contribution in [-0.4, -0.2) is 17.5 Å². The maximum absolute atomic E-state index is 13.4. The fourth-order valence-electron chi connectivity index (χ4n) is 3.05. The quantitative estimate of drug-likeness (QED) is 0.377. The maximum atomic E-state index is 13.4. The fraction of sp³-hybridized carbons (Fsp3) is 0.0833. The van der Waals surface area contributed by atoms with Gasteiger partial charge in [-0.05, 0) is 61.5 Å². The molecule has 0 bridgehead atoms. The second kappa shape index (κ2) is 9.02. The summed E-state index contributed by atoms with van der Waals surface area (Å²) in [6.07, 6.45) is 1.61. The third kappa shape index (κ3) is 4.59. The topological polar surface area (TPSA) is 64.4 Å². The lowest BCUT2D eigenvalue weighted by atomic mass is 10.1. The Balaban J connectivity index is 1.60. The van der Waals surface area contributed by atoms with Gasteiger partial charge < -0.3 is 14.5 Å². The molecule has 31 heavy (non-hydrogen) atoms. The molecule has 7 heteroatoms. The Kier molecular flexibility index (Phi) is 6.00. The molecule has 0 atom stereocenters. The summed E-state index contributed by atoms with van der Waals surface area (Å²) in [5.74, 6) is 0.708. The minimum Gasteiger partial charge on any atom is -0.494 e. The predicted molar refractivity (Wildman–Crippen MR) is 118 cm³/mol. The number of hydrogen-bond acceptors (Lipinski definition) is 4. The van der Waals surface area contributed by atoms with Crippen LogP contribution in [-0.2, 0) is 0 Å². The zero-order valence-corrected chi connectivity index (χ0v) is 17.3. The third-order valence-corrected chi connectivity index (χ3v) is 4.82. The first-order valence-electron chi connectivity index (χ1n) is 9.60. The minimum atomic E-state index is -0.554. The van der Waals surface area contributed by atoms with Crippen molar-refractivity contribution in [2.75, 3.05) is 11.9 Å². The first-order chi connectivity index (χ1) is 15.0. The average Bonchev–Trinajstić information content (AvgIpc) is 3.27. The number of benzene rings is 3. The largest absolute Gasteiger partial charge is 0.494 e. The zero-order valence-electron chi connectivity index (χ0n) is 16.6. The van der Waals surface area contributed by atoms with E-state index in [0.717, 1.165) is 11.3 Å². The molecule has 5 nitrogen and oxygen atoms in total. The molecule has 1 N–H and O–H groups in total. The smallest absolute Gasteiger partial charge is 0.256 e. The molecule has 0 aliphatic carbocycles. The highest BCUT2D eigenvalue weighted by Gasteiger charge is 2.17. The minimum absolute atomic E-state index is 0.0706. The van der Waals surface area contributed by atoms with Crippen LogP contribution in [0.1, 0.15) is 17.3 Å². The van der Waals surface area contributed by atoms with E-state index in [9.17, 15) is 9.18 Å². The summed E-state index contributed by atoms with van der Waals surface area (Å²) in [4.78, 5) is 17.2. The van der Waals surface area contributed by atoms with Gasteiger partial charge in [0.15, 0.2) is 5.76 Å². The lowest BCUT2D eigenvalue weighted by Gasteiger charge is -2.09. The summed E-state index contributed by atoms with van der Waals surface area (Å²) >= 11 is 5.80. The normalized spacial score (nSPS) is 10.7. The van der Waals surface area contributed by atoms with Crippen LogP contribution >= 0.6 is 11.6 Å². The second-order valence-electron chi connectivity index (χ2n) is 6.62. The molecule has 4 rings (SSSR count). The summed E-state index contributed by atoms with van der Waals surface area (Å²) in [6.45, 7) is 2.52. The van der Waals surface area contributed by atoms with Crippen molar-refractivity contribution in [3.63, 3.8) is 0 Å². The van der Waals surface area contributed by atoms with E-state index < -0.39 is 5.82 Å². The number of carbonyl (C=O) groups excluding carboxylic acids is 1. The molecule has 3 aromatic carbocycles. The van der Waals surface area contributed by atoms with E-state index >= 15 is 0 Å². The molecule has 1 amide bonds. The van der Waals surface area contributed by atoms with Gasteiger partial charge in [0.2, 0.25) is 5.89 Å². The average molecular weight is 437 g/mol. The van der Waals surface area contributed by atoms with Gasteiger partial charge >= 0.3 is 0 Å². The van der Waals surface area contributed by atoms with Gasteiger partial charge in [-0.15, -0.1) is 0 Å². The number of nitrogens with one attached hydrogen (secondary N) is 1. The SMILES string of the molecule is CCOc1ccc(-c2cnc(-c3ccccc3C(=O)Nc3ccc(F)c(Cl)c3)o2)cc1. The van der Waals surface area contributed by atoms with Gasteiger partial charge in [-0.2, -0.15) is 0 Å². The predicted octanol–water partition coefficient (Wildman–Crippen LogP) is 6.45. The fourth-order valence-corrected chi connectivity index (χ4v) is 3.23. The van der Waals surface area contributed by atoms with Crippen LogP contribution in [0.15, 0.2) is 77.3 Å². The number of halogens is 2. The number of hydrogen-bond donors (Lipinski definition) is 1. The van der Waals surface area contributed by atoms with Gasteiger partial charge in [-0.3, -0.25) is 4.79 Å². The lowest BCUT2D eigenvalue weighted by molar-refractivity contribution is 0.102. The van der Waals surface area contributed by atoms with Gasteiger partial charge in [0.25, 0.3) is 5.91 Å². The molecule has 0 saturated heterocycles. The van der Waals surface area contributed by atoms with Crippen molar-refractivity contribution in [1.29, 1.82) is 0 Å². The van der Waals surface area contributed by atoms with Crippen LogP contribution in [0.2, 0.25) is 5.02 Å². The van der Waals surface area contributed by atoms with E-state index in [-0.39, 0.29) is 10.9 Å². The van der Waals surface area contributed by atoms with E-state index in [4.69, 9.17) is 20.8 Å². The molecule has 0 saturated carbocycles. The van der Waals surface area contributed by atoms with E-state index in [0.29, 0.717) is 35.1 Å². The van der Waals surface area contributed by atoms with Crippen molar-refractivity contribution in [3.05, 3.63) is 89.3 Å². The van der Waals surface area contributed by atoms with Gasteiger partial charge in [0.1, 0.15) is 11.6 Å². The first-order valence-corrected chi connectivity index (χ1v) is 9.98. The molecule has 4 aromatic rings. The number of aromatic nitrogens is 1. The molecule has 1 heterocycles. The molecular formula is C24H18ClFN2O3. The molecule has 0 aliphatic rings. The highest BCUT2D eigenvalue weighted by molar-refractivity contribution is 6.31. The Morgan fingerprint density at radius 1 is 1.13 bits per heavy atom. The molecule has 1 aromatic heterocycles. The van der Waals surface area contributed by atoms with Crippen molar-refractivity contribution < 1.29 is 18.3 Å². The van der Waals surface area contributed by atoms with Gasteiger partial charge in [0, 0.05) is 16.8 Å². The molecule has 0 spiro atoms. The first kappa shape index (κ1) is 20.6. The highest BCUT2D eigenvalue weighted by Crippen LogP contribution is 2.30. The van der Waals surface area contributed by atoms with Crippen molar-refractivity contribution in [1.82, 2.24) is 4.98 Å². The van der Waals surface area contributed by atoms with Crippen LogP contribution in [0, 0.1) is 5.82 Å². The standard InChI is InChI=1S/C24H18ClFN2O3/c1-2-30-17-10-7-15(8-11-17)22-14-27-24(31-22)19-6-4-3-5-18(19)23(29)28-16-9-12-21(26)20(25)13-16/h3-14H,2H2,1H3,(H,28,29). The number of anilines is 1. The van der Waals surface area contributed by atoms with Crippen LogP contribution < -0.4 is 10.1 Å². The highest BCUT2D eigenvalue weighted by atomic mass is 35.5.